The minimum absolute atomic E-state index is 0.223. The molecular formula is C19H23N3O3. The predicted octanol–water partition coefficient (Wildman–Crippen LogP) is 3.04. The van der Waals surface area contributed by atoms with Gasteiger partial charge in [-0.3, -0.25) is 4.79 Å². The second-order valence-corrected chi connectivity index (χ2v) is 5.33. The third kappa shape index (κ3) is 5.84. The highest BCUT2D eigenvalue weighted by atomic mass is 16.5. The van der Waals surface area contributed by atoms with Crippen LogP contribution >= 0.6 is 0 Å². The highest BCUT2D eigenvalue weighted by Crippen LogP contribution is 2.16. The van der Waals surface area contributed by atoms with Gasteiger partial charge in [0.1, 0.15) is 17.5 Å². The van der Waals surface area contributed by atoms with Crippen molar-refractivity contribution in [3.8, 4) is 11.5 Å². The Kier molecular flexibility index (Phi) is 6.83. The van der Waals surface area contributed by atoms with Crippen LogP contribution in [0.1, 0.15) is 19.4 Å². The summed E-state index contributed by atoms with van der Waals surface area (Å²) in [5, 5.41) is 7.09. The lowest BCUT2D eigenvalue weighted by molar-refractivity contribution is -0.121. The van der Waals surface area contributed by atoms with Gasteiger partial charge < -0.3 is 14.8 Å². The second kappa shape index (κ2) is 9.32. The summed E-state index contributed by atoms with van der Waals surface area (Å²) in [7, 11) is 1.61. The molecule has 1 amide bonds. The molecule has 0 aliphatic rings. The first-order chi connectivity index (χ1) is 12.1. The van der Waals surface area contributed by atoms with Crippen molar-refractivity contribution in [3.05, 3.63) is 54.1 Å². The molecule has 2 aromatic carbocycles. The molecule has 6 heteroatoms. The van der Waals surface area contributed by atoms with Crippen LogP contribution in [0.3, 0.4) is 0 Å². The average Bonchev–Trinajstić information content (AvgIpc) is 2.64. The van der Waals surface area contributed by atoms with E-state index >= 15 is 0 Å². The number of methoxy groups -OCH3 is 1. The summed E-state index contributed by atoms with van der Waals surface area (Å²) in [4.78, 5) is 12.1. The molecule has 0 saturated heterocycles. The quantitative estimate of drug-likeness (QED) is 0.572. The van der Waals surface area contributed by atoms with Crippen molar-refractivity contribution in [2.24, 2.45) is 5.10 Å². The van der Waals surface area contributed by atoms with Crippen LogP contribution in [0.15, 0.2) is 53.6 Å². The van der Waals surface area contributed by atoms with Crippen LogP contribution in [0.4, 0.5) is 5.69 Å². The smallest absolute Gasteiger partial charge is 0.262 e. The summed E-state index contributed by atoms with van der Waals surface area (Å²) in [5.74, 6) is 1.35. The zero-order chi connectivity index (χ0) is 18.1. The largest absolute Gasteiger partial charge is 0.497 e. The standard InChI is InChI=1S/C19H23N3O3/c1-4-25-18-11-7-16(8-12-18)21-14(2)19(23)22-20-13-15-5-9-17(24-3)10-6-15/h5-14,21H,4H2,1-3H3,(H,22,23). The van der Waals surface area contributed by atoms with Crippen LogP contribution in [0, 0.1) is 0 Å². The number of nitrogens with zero attached hydrogens (tertiary/aromatic N) is 1. The van der Waals surface area contributed by atoms with Crippen LogP contribution in [-0.4, -0.2) is 31.9 Å². The van der Waals surface area contributed by atoms with E-state index in [-0.39, 0.29) is 5.91 Å². The molecule has 0 fully saturated rings. The Labute approximate surface area is 147 Å². The van der Waals surface area contributed by atoms with Gasteiger partial charge >= 0.3 is 0 Å². The Bertz CT molecular complexity index is 697. The van der Waals surface area contributed by atoms with E-state index < -0.39 is 6.04 Å². The van der Waals surface area contributed by atoms with Crippen molar-refractivity contribution in [2.45, 2.75) is 19.9 Å². The molecular weight excluding hydrogens is 318 g/mol. The van der Waals surface area contributed by atoms with Crippen molar-refractivity contribution in [1.82, 2.24) is 5.43 Å². The number of ether oxygens (including phenoxy) is 2. The molecule has 0 heterocycles. The number of carbonyl (C=O) groups excluding carboxylic acids is 1. The molecule has 132 valence electrons. The van der Waals surface area contributed by atoms with Crippen molar-refractivity contribution >= 4 is 17.8 Å². The van der Waals surface area contributed by atoms with E-state index in [0.717, 1.165) is 22.7 Å². The maximum Gasteiger partial charge on any atom is 0.262 e. The molecule has 2 aromatic rings. The summed E-state index contributed by atoms with van der Waals surface area (Å²) in [6, 6.07) is 14.4. The molecule has 0 aliphatic carbocycles. The lowest BCUT2D eigenvalue weighted by Gasteiger charge is -2.14. The number of anilines is 1. The zero-order valence-corrected chi connectivity index (χ0v) is 14.7. The van der Waals surface area contributed by atoms with Gasteiger partial charge in [-0.25, -0.2) is 5.43 Å². The van der Waals surface area contributed by atoms with Crippen molar-refractivity contribution in [3.63, 3.8) is 0 Å². The predicted molar refractivity (Wildman–Crippen MR) is 99.4 cm³/mol. The molecule has 2 rings (SSSR count). The summed E-state index contributed by atoms with van der Waals surface area (Å²) < 4.78 is 10.5. The highest BCUT2D eigenvalue weighted by molar-refractivity contribution is 5.86. The second-order valence-electron chi connectivity index (χ2n) is 5.33. The molecule has 0 bridgehead atoms. The van der Waals surface area contributed by atoms with Crippen LogP contribution < -0.4 is 20.2 Å². The summed E-state index contributed by atoms with van der Waals surface area (Å²) in [6.07, 6.45) is 1.58. The Balaban J connectivity index is 1.83. The first kappa shape index (κ1) is 18.3. The fraction of sp³-hybridized carbons (Fsp3) is 0.263. The van der Waals surface area contributed by atoms with Gasteiger partial charge in [0, 0.05) is 5.69 Å². The van der Waals surface area contributed by atoms with E-state index in [4.69, 9.17) is 9.47 Å². The number of benzene rings is 2. The lowest BCUT2D eigenvalue weighted by Crippen LogP contribution is -2.34. The zero-order valence-electron chi connectivity index (χ0n) is 14.7. The molecule has 2 N–H and O–H groups in total. The summed E-state index contributed by atoms with van der Waals surface area (Å²) in [5.41, 5.74) is 4.23. The van der Waals surface area contributed by atoms with Gasteiger partial charge in [0.15, 0.2) is 0 Å². The molecule has 0 aliphatic heterocycles. The van der Waals surface area contributed by atoms with Crippen LogP contribution in [0.2, 0.25) is 0 Å². The number of carbonyl (C=O) groups is 1. The van der Waals surface area contributed by atoms with Gasteiger partial charge in [-0.2, -0.15) is 5.10 Å². The Morgan fingerprint density at radius 3 is 2.36 bits per heavy atom. The van der Waals surface area contributed by atoms with Crippen LogP contribution in [0.5, 0.6) is 11.5 Å². The van der Waals surface area contributed by atoms with Gasteiger partial charge in [-0.05, 0) is 67.9 Å². The van der Waals surface area contributed by atoms with Gasteiger partial charge in [0.25, 0.3) is 5.91 Å². The topological polar surface area (TPSA) is 72.0 Å². The number of hydrazone groups is 1. The first-order valence-electron chi connectivity index (χ1n) is 8.08. The first-order valence-corrected chi connectivity index (χ1v) is 8.08. The molecule has 0 saturated carbocycles. The molecule has 6 nitrogen and oxygen atoms in total. The Morgan fingerprint density at radius 1 is 1.12 bits per heavy atom. The van der Waals surface area contributed by atoms with Crippen LogP contribution in [0.25, 0.3) is 0 Å². The fourth-order valence-corrected chi connectivity index (χ4v) is 2.09. The molecule has 1 unspecified atom stereocenters. The lowest BCUT2D eigenvalue weighted by atomic mass is 10.2. The summed E-state index contributed by atoms with van der Waals surface area (Å²) >= 11 is 0. The monoisotopic (exact) mass is 341 g/mol. The molecule has 25 heavy (non-hydrogen) atoms. The number of nitrogens with one attached hydrogen (secondary N) is 2. The van der Waals surface area contributed by atoms with Crippen molar-refractivity contribution in [1.29, 1.82) is 0 Å². The fourth-order valence-electron chi connectivity index (χ4n) is 2.09. The maximum absolute atomic E-state index is 12.1. The summed E-state index contributed by atoms with van der Waals surface area (Å²) in [6.45, 7) is 4.33. The number of rotatable bonds is 8. The minimum Gasteiger partial charge on any atom is -0.497 e. The third-order valence-electron chi connectivity index (χ3n) is 3.45. The van der Waals surface area contributed by atoms with E-state index in [1.807, 2.05) is 55.5 Å². The van der Waals surface area contributed by atoms with Gasteiger partial charge in [0.2, 0.25) is 0 Å². The van der Waals surface area contributed by atoms with E-state index in [9.17, 15) is 4.79 Å². The van der Waals surface area contributed by atoms with E-state index in [0.29, 0.717) is 6.61 Å². The van der Waals surface area contributed by atoms with Gasteiger partial charge in [0.05, 0.1) is 19.9 Å². The van der Waals surface area contributed by atoms with Crippen molar-refractivity contribution < 1.29 is 14.3 Å². The van der Waals surface area contributed by atoms with Gasteiger partial charge in [-0.1, -0.05) is 0 Å². The highest BCUT2D eigenvalue weighted by Gasteiger charge is 2.11. The Morgan fingerprint density at radius 2 is 1.76 bits per heavy atom. The number of hydrogen-bond acceptors (Lipinski definition) is 5. The van der Waals surface area contributed by atoms with Gasteiger partial charge in [-0.15, -0.1) is 0 Å². The molecule has 0 aromatic heterocycles. The van der Waals surface area contributed by atoms with E-state index in [1.165, 1.54) is 0 Å². The third-order valence-corrected chi connectivity index (χ3v) is 3.45. The van der Waals surface area contributed by atoms with E-state index in [2.05, 4.69) is 15.8 Å². The molecule has 0 radical (unpaired) electrons. The minimum atomic E-state index is -0.425. The van der Waals surface area contributed by atoms with Crippen molar-refractivity contribution in [2.75, 3.05) is 19.0 Å². The average molecular weight is 341 g/mol. The Hall–Kier alpha value is -3.02. The van der Waals surface area contributed by atoms with E-state index in [1.54, 1.807) is 20.2 Å². The maximum atomic E-state index is 12.1. The SMILES string of the molecule is CCOc1ccc(NC(C)C(=O)NN=Cc2ccc(OC)cc2)cc1. The normalized spacial score (nSPS) is 11.8. The van der Waals surface area contributed by atoms with Crippen LogP contribution in [-0.2, 0) is 4.79 Å². The number of amides is 1. The number of hydrogen-bond donors (Lipinski definition) is 2. The molecule has 1 atom stereocenters. The molecule has 0 spiro atoms.